The average molecular weight is 597 g/mol. The Kier molecular flexibility index (Phi) is 5.75. The van der Waals surface area contributed by atoms with Gasteiger partial charge < -0.3 is 4.57 Å². The van der Waals surface area contributed by atoms with Crippen molar-refractivity contribution in [2.24, 2.45) is 0 Å². The summed E-state index contributed by atoms with van der Waals surface area (Å²) in [5, 5.41) is 7.43. The smallest absolute Gasteiger partial charge is 0.175 e. The van der Waals surface area contributed by atoms with Crippen molar-refractivity contribution < 1.29 is 4.57 Å². The molecule has 214 valence electrons. The van der Waals surface area contributed by atoms with Crippen LogP contribution in [0.3, 0.4) is 0 Å². The van der Waals surface area contributed by atoms with Crippen LogP contribution in [0.5, 0.6) is 0 Å². The van der Waals surface area contributed by atoms with Gasteiger partial charge in [0.1, 0.15) is 5.82 Å². The number of hydrogen-bond donors (Lipinski definition) is 0. The Labute approximate surface area is 261 Å². The number of fused-ring (bicyclic) bond motifs is 4. The lowest BCUT2D eigenvalue weighted by atomic mass is 9.96. The fourth-order valence-corrected chi connectivity index (χ4v) is 10.1. The molecular formula is C41H29N2OP. The molecule has 0 radical (unpaired) electrons. The molecule has 0 spiro atoms. The summed E-state index contributed by atoms with van der Waals surface area (Å²) in [6, 6.07) is 50.9. The number of para-hydroxylation sites is 1. The van der Waals surface area contributed by atoms with Gasteiger partial charge in [0.15, 0.2) is 7.14 Å². The van der Waals surface area contributed by atoms with Crippen LogP contribution in [-0.4, -0.2) is 9.55 Å². The molecule has 3 nitrogen and oxygen atoms in total. The maximum absolute atomic E-state index is 15.6. The molecule has 0 aliphatic carbocycles. The van der Waals surface area contributed by atoms with Crippen LogP contribution in [0.2, 0.25) is 0 Å². The first-order chi connectivity index (χ1) is 22.1. The zero-order chi connectivity index (χ0) is 30.1. The van der Waals surface area contributed by atoms with E-state index in [2.05, 4.69) is 109 Å². The summed E-state index contributed by atoms with van der Waals surface area (Å²) in [4.78, 5) is 5.12. The van der Waals surface area contributed by atoms with Crippen molar-refractivity contribution in [2.45, 2.75) is 13.3 Å². The molecule has 0 fully saturated rings. The molecule has 1 unspecified atom stereocenters. The maximum atomic E-state index is 15.6. The van der Waals surface area contributed by atoms with E-state index in [4.69, 9.17) is 4.98 Å². The van der Waals surface area contributed by atoms with Crippen molar-refractivity contribution in [3.05, 3.63) is 151 Å². The summed E-state index contributed by atoms with van der Waals surface area (Å²) in [6.45, 7) is 2.13. The second kappa shape index (κ2) is 9.89. The Morgan fingerprint density at radius 2 is 1.13 bits per heavy atom. The number of aryl methyl sites for hydroxylation is 1. The highest BCUT2D eigenvalue weighted by Gasteiger charge is 2.40. The van der Waals surface area contributed by atoms with Crippen molar-refractivity contribution in [1.29, 1.82) is 0 Å². The van der Waals surface area contributed by atoms with Crippen LogP contribution in [0.25, 0.3) is 60.5 Å². The Morgan fingerprint density at radius 1 is 0.556 bits per heavy atom. The summed E-state index contributed by atoms with van der Waals surface area (Å²) in [5.41, 5.74) is 7.35. The molecule has 1 aliphatic rings. The van der Waals surface area contributed by atoms with E-state index in [1.54, 1.807) is 0 Å². The average Bonchev–Trinajstić information content (AvgIpc) is 3.49. The Hall–Kier alpha value is -5.24. The van der Waals surface area contributed by atoms with Crippen LogP contribution in [0.15, 0.2) is 146 Å². The highest BCUT2D eigenvalue weighted by atomic mass is 31.2. The number of hydrogen-bond acceptors (Lipinski definition) is 2. The molecular weight excluding hydrogens is 567 g/mol. The number of rotatable bonds is 4. The summed E-state index contributed by atoms with van der Waals surface area (Å²) in [5.74, 6) is 0.981. The predicted octanol–water partition coefficient (Wildman–Crippen LogP) is 9.18. The summed E-state index contributed by atoms with van der Waals surface area (Å²) in [7, 11) is -3.18. The molecule has 4 heteroatoms. The lowest BCUT2D eigenvalue weighted by Crippen LogP contribution is -2.33. The fourth-order valence-electron chi connectivity index (χ4n) is 7.08. The first-order valence-electron chi connectivity index (χ1n) is 15.5. The molecule has 0 amide bonds. The van der Waals surface area contributed by atoms with E-state index in [1.807, 2.05) is 48.5 Å². The van der Waals surface area contributed by atoms with Gasteiger partial charge in [0.05, 0.1) is 16.7 Å². The van der Waals surface area contributed by atoms with Gasteiger partial charge in [0.25, 0.3) is 0 Å². The molecule has 1 aromatic heterocycles. The minimum Gasteiger partial charge on any atom is -0.308 e. The minimum atomic E-state index is -3.18. The van der Waals surface area contributed by atoms with Gasteiger partial charge >= 0.3 is 0 Å². The molecule has 0 N–H and O–H groups in total. The largest absolute Gasteiger partial charge is 0.308 e. The van der Waals surface area contributed by atoms with E-state index in [0.717, 1.165) is 56.0 Å². The molecule has 1 aliphatic heterocycles. The van der Waals surface area contributed by atoms with E-state index in [0.29, 0.717) is 0 Å². The Bertz CT molecular complexity index is 2510. The highest BCUT2D eigenvalue weighted by molar-refractivity contribution is 7.86. The standard InChI is InChI=1S/C41H29N2OP/c1-2-40-42-36-25-34(26-39-41(36)43(40)37-14-8-9-15-38(37)45(39,44)35-12-4-3-5-13-35)33-21-20-31-23-30(18-19-32(31)24-33)29-17-16-27-10-6-7-11-28(27)22-29/h3-26H,2H2,1H3. The van der Waals surface area contributed by atoms with Crippen LogP contribution in [0, 0.1) is 0 Å². The quantitative estimate of drug-likeness (QED) is 0.190. The van der Waals surface area contributed by atoms with Gasteiger partial charge in [-0.1, -0.05) is 110 Å². The van der Waals surface area contributed by atoms with Crippen LogP contribution >= 0.6 is 7.14 Å². The highest BCUT2D eigenvalue weighted by Crippen LogP contribution is 2.50. The van der Waals surface area contributed by atoms with E-state index < -0.39 is 7.14 Å². The lowest BCUT2D eigenvalue weighted by Gasteiger charge is -2.29. The van der Waals surface area contributed by atoms with E-state index >= 15 is 4.57 Å². The van der Waals surface area contributed by atoms with Gasteiger partial charge in [0.2, 0.25) is 0 Å². The monoisotopic (exact) mass is 596 g/mol. The number of nitrogens with zero attached hydrogens (tertiary/aromatic N) is 2. The molecule has 7 aromatic carbocycles. The predicted molar refractivity (Wildman–Crippen MR) is 189 cm³/mol. The minimum absolute atomic E-state index is 0.781. The first-order valence-corrected chi connectivity index (χ1v) is 17.2. The third-order valence-electron chi connectivity index (χ3n) is 9.29. The number of aromatic nitrogens is 2. The second-order valence-electron chi connectivity index (χ2n) is 11.9. The van der Waals surface area contributed by atoms with Gasteiger partial charge in [-0.15, -0.1) is 0 Å². The number of benzene rings is 7. The van der Waals surface area contributed by atoms with Gasteiger partial charge in [-0.3, -0.25) is 4.57 Å². The summed E-state index contributed by atoms with van der Waals surface area (Å²) in [6.07, 6.45) is 0.781. The Balaban J connectivity index is 1.22. The van der Waals surface area contributed by atoms with E-state index in [1.165, 1.54) is 32.7 Å². The number of imidazole rings is 1. The molecule has 45 heavy (non-hydrogen) atoms. The normalized spacial score (nSPS) is 15.5. The van der Waals surface area contributed by atoms with Crippen LogP contribution < -0.4 is 15.9 Å². The lowest BCUT2D eigenvalue weighted by molar-refractivity contribution is 0.592. The van der Waals surface area contributed by atoms with E-state index in [-0.39, 0.29) is 0 Å². The molecule has 0 saturated carbocycles. The van der Waals surface area contributed by atoms with Crippen LogP contribution in [0.1, 0.15) is 12.7 Å². The van der Waals surface area contributed by atoms with Gasteiger partial charge in [-0.2, -0.15) is 0 Å². The molecule has 0 bridgehead atoms. The Morgan fingerprint density at radius 3 is 1.84 bits per heavy atom. The van der Waals surface area contributed by atoms with Crippen molar-refractivity contribution in [2.75, 3.05) is 0 Å². The van der Waals surface area contributed by atoms with Gasteiger partial charge in [-0.25, -0.2) is 4.98 Å². The second-order valence-corrected chi connectivity index (χ2v) is 14.6. The van der Waals surface area contributed by atoms with Gasteiger partial charge in [-0.05, 0) is 86.3 Å². The molecule has 0 saturated heterocycles. The fraction of sp³-hybridized carbons (Fsp3) is 0.0488. The van der Waals surface area contributed by atoms with Crippen molar-refractivity contribution in [1.82, 2.24) is 9.55 Å². The molecule has 8 aromatic rings. The molecule has 2 heterocycles. The SMILES string of the molecule is CCc1nc2cc(-c3ccc4cc(-c5ccc6ccccc6c5)ccc4c3)cc3c2n1-c1ccccc1P3(=O)c1ccccc1. The van der Waals surface area contributed by atoms with Crippen LogP contribution in [-0.2, 0) is 11.0 Å². The third kappa shape index (κ3) is 3.91. The van der Waals surface area contributed by atoms with E-state index in [9.17, 15) is 0 Å². The van der Waals surface area contributed by atoms with Gasteiger partial charge in [0, 0.05) is 22.3 Å². The van der Waals surface area contributed by atoms with Crippen molar-refractivity contribution >= 4 is 55.6 Å². The molecule has 1 atom stereocenters. The third-order valence-corrected chi connectivity index (χ3v) is 12.4. The topological polar surface area (TPSA) is 34.9 Å². The van der Waals surface area contributed by atoms with Crippen LogP contribution in [0.4, 0.5) is 0 Å². The maximum Gasteiger partial charge on any atom is 0.175 e. The zero-order valence-corrected chi connectivity index (χ0v) is 25.7. The first kappa shape index (κ1) is 26.2. The molecule has 9 rings (SSSR count). The van der Waals surface area contributed by atoms with Crippen molar-refractivity contribution in [3.8, 4) is 27.9 Å². The summed E-state index contributed by atoms with van der Waals surface area (Å²) >= 11 is 0. The van der Waals surface area contributed by atoms with Crippen molar-refractivity contribution in [3.63, 3.8) is 0 Å². The summed E-state index contributed by atoms with van der Waals surface area (Å²) < 4.78 is 17.8. The zero-order valence-electron chi connectivity index (χ0n) is 24.8.